The molecule has 2 aromatic carbocycles. The van der Waals surface area contributed by atoms with Gasteiger partial charge in [0.05, 0.1) is 20.0 Å². The Hall–Kier alpha value is -3.28. The van der Waals surface area contributed by atoms with E-state index >= 15 is 0 Å². The number of aromatic nitrogens is 2. The van der Waals surface area contributed by atoms with E-state index in [-0.39, 0.29) is 0 Å². The van der Waals surface area contributed by atoms with Gasteiger partial charge >= 0.3 is 0 Å². The molecule has 1 fully saturated rings. The lowest BCUT2D eigenvalue weighted by molar-refractivity contribution is 0.414. The second-order valence-electron chi connectivity index (χ2n) is 7.93. The molecule has 3 aromatic rings. The zero-order valence-corrected chi connectivity index (χ0v) is 18.4. The van der Waals surface area contributed by atoms with Crippen molar-refractivity contribution >= 4 is 5.96 Å². The number of methoxy groups -OCH3 is 1. The minimum atomic E-state index is 0.525. The molecule has 31 heavy (non-hydrogen) atoms. The minimum Gasteiger partial charge on any atom is -0.497 e. The Morgan fingerprint density at radius 2 is 1.90 bits per heavy atom. The van der Waals surface area contributed by atoms with Gasteiger partial charge in [0.1, 0.15) is 5.75 Å². The fourth-order valence-electron chi connectivity index (χ4n) is 4.03. The number of ether oxygens (including phenoxy) is 1. The minimum absolute atomic E-state index is 0.525. The van der Waals surface area contributed by atoms with Crippen LogP contribution in [-0.2, 0) is 13.1 Å². The Labute approximate surface area is 184 Å². The van der Waals surface area contributed by atoms with Crippen molar-refractivity contribution in [3.63, 3.8) is 0 Å². The van der Waals surface area contributed by atoms with Gasteiger partial charge in [-0.05, 0) is 42.2 Å². The Morgan fingerprint density at radius 3 is 2.58 bits per heavy atom. The standard InChI is InChI=1S/C25H31N5O/c1-3-27-25(30-14-12-23(18-30)22-8-10-24(31-2)11-9-22)28-16-20-4-6-21(7-5-20)17-29-15-13-26-19-29/h4-11,13,15,19,23H,3,12,14,16-18H2,1-2H3,(H,27,28). The first-order valence-electron chi connectivity index (χ1n) is 11.0. The predicted molar refractivity (Wildman–Crippen MR) is 125 cm³/mol. The summed E-state index contributed by atoms with van der Waals surface area (Å²) in [5.41, 5.74) is 3.85. The van der Waals surface area contributed by atoms with Crippen LogP contribution >= 0.6 is 0 Å². The summed E-state index contributed by atoms with van der Waals surface area (Å²) in [5, 5.41) is 3.47. The Kier molecular flexibility index (Phi) is 6.87. The number of imidazole rings is 1. The van der Waals surface area contributed by atoms with Gasteiger partial charge in [0.2, 0.25) is 0 Å². The molecule has 1 unspecified atom stereocenters. The van der Waals surface area contributed by atoms with E-state index in [1.54, 1.807) is 7.11 Å². The number of hydrogen-bond acceptors (Lipinski definition) is 3. The van der Waals surface area contributed by atoms with Gasteiger partial charge in [0, 0.05) is 44.5 Å². The monoisotopic (exact) mass is 417 g/mol. The molecule has 2 heterocycles. The smallest absolute Gasteiger partial charge is 0.194 e. The fourth-order valence-corrected chi connectivity index (χ4v) is 4.03. The lowest BCUT2D eigenvalue weighted by Gasteiger charge is -2.22. The zero-order valence-electron chi connectivity index (χ0n) is 18.4. The van der Waals surface area contributed by atoms with E-state index in [1.165, 1.54) is 16.7 Å². The molecule has 0 spiro atoms. The van der Waals surface area contributed by atoms with Gasteiger partial charge in [-0.3, -0.25) is 0 Å². The van der Waals surface area contributed by atoms with E-state index in [4.69, 9.17) is 9.73 Å². The average Bonchev–Trinajstić information content (AvgIpc) is 3.50. The topological polar surface area (TPSA) is 54.7 Å². The summed E-state index contributed by atoms with van der Waals surface area (Å²) in [4.78, 5) is 11.4. The van der Waals surface area contributed by atoms with Crippen LogP contribution in [-0.4, -0.2) is 47.2 Å². The summed E-state index contributed by atoms with van der Waals surface area (Å²) < 4.78 is 7.36. The molecule has 1 N–H and O–H groups in total. The maximum absolute atomic E-state index is 5.29. The first-order chi connectivity index (χ1) is 15.2. The molecule has 1 aromatic heterocycles. The van der Waals surface area contributed by atoms with Crippen LogP contribution in [0.1, 0.15) is 36.0 Å². The number of aliphatic imine (C=N–C) groups is 1. The molecule has 0 bridgehead atoms. The van der Waals surface area contributed by atoms with Crippen LogP contribution in [0.3, 0.4) is 0 Å². The first-order valence-corrected chi connectivity index (χ1v) is 11.0. The van der Waals surface area contributed by atoms with E-state index in [0.29, 0.717) is 12.5 Å². The largest absolute Gasteiger partial charge is 0.497 e. The lowest BCUT2D eigenvalue weighted by atomic mass is 9.98. The summed E-state index contributed by atoms with van der Waals surface area (Å²) in [6.07, 6.45) is 6.77. The Bertz CT molecular complexity index is 964. The molecule has 162 valence electrons. The molecule has 0 saturated carbocycles. The van der Waals surface area contributed by atoms with E-state index < -0.39 is 0 Å². The van der Waals surface area contributed by atoms with Crippen LogP contribution in [0, 0.1) is 0 Å². The molecular weight excluding hydrogens is 386 g/mol. The highest BCUT2D eigenvalue weighted by Crippen LogP contribution is 2.28. The number of hydrogen-bond donors (Lipinski definition) is 1. The van der Waals surface area contributed by atoms with Crippen molar-refractivity contribution in [2.45, 2.75) is 32.4 Å². The summed E-state index contributed by atoms with van der Waals surface area (Å²) in [5.74, 6) is 2.43. The van der Waals surface area contributed by atoms with Crippen molar-refractivity contribution in [1.82, 2.24) is 19.8 Å². The zero-order chi connectivity index (χ0) is 21.5. The fraction of sp³-hybridized carbons (Fsp3) is 0.360. The van der Waals surface area contributed by atoms with Crippen LogP contribution in [0.25, 0.3) is 0 Å². The van der Waals surface area contributed by atoms with Crippen LogP contribution in [0.4, 0.5) is 0 Å². The van der Waals surface area contributed by atoms with Crippen molar-refractivity contribution in [2.75, 3.05) is 26.7 Å². The number of nitrogens with zero attached hydrogens (tertiary/aromatic N) is 4. The van der Waals surface area contributed by atoms with Crippen LogP contribution in [0.2, 0.25) is 0 Å². The number of nitrogens with one attached hydrogen (secondary N) is 1. The number of rotatable bonds is 7. The Morgan fingerprint density at radius 1 is 1.13 bits per heavy atom. The van der Waals surface area contributed by atoms with Gasteiger partial charge in [0.15, 0.2) is 5.96 Å². The highest BCUT2D eigenvalue weighted by atomic mass is 16.5. The van der Waals surface area contributed by atoms with E-state index in [0.717, 1.165) is 44.3 Å². The maximum atomic E-state index is 5.29. The molecule has 0 aliphatic carbocycles. The lowest BCUT2D eigenvalue weighted by Crippen LogP contribution is -2.40. The Balaban J connectivity index is 1.37. The highest BCUT2D eigenvalue weighted by Gasteiger charge is 2.26. The van der Waals surface area contributed by atoms with Gasteiger partial charge in [-0.2, -0.15) is 0 Å². The van der Waals surface area contributed by atoms with Crippen LogP contribution < -0.4 is 10.1 Å². The molecular formula is C25H31N5O. The summed E-state index contributed by atoms with van der Waals surface area (Å²) in [6, 6.07) is 17.2. The molecule has 4 rings (SSSR count). The summed E-state index contributed by atoms with van der Waals surface area (Å²) in [6.45, 7) is 6.52. The summed E-state index contributed by atoms with van der Waals surface area (Å²) >= 11 is 0. The average molecular weight is 418 g/mol. The SMILES string of the molecule is CCNC(=NCc1ccc(Cn2ccnc2)cc1)N1CCC(c2ccc(OC)cc2)C1. The molecule has 0 amide bonds. The molecule has 1 atom stereocenters. The van der Waals surface area contributed by atoms with E-state index in [1.807, 2.05) is 30.9 Å². The van der Waals surface area contributed by atoms with Crippen molar-refractivity contribution in [1.29, 1.82) is 0 Å². The number of benzene rings is 2. The number of likely N-dealkylation sites (tertiary alicyclic amines) is 1. The normalized spacial score (nSPS) is 16.5. The molecule has 1 aliphatic rings. The molecule has 1 saturated heterocycles. The van der Waals surface area contributed by atoms with Crippen molar-refractivity contribution < 1.29 is 4.74 Å². The van der Waals surface area contributed by atoms with Gasteiger partial charge in [-0.25, -0.2) is 9.98 Å². The predicted octanol–water partition coefficient (Wildman–Crippen LogP) is 3.90. The van der Waals surface area contributed by atoms with Crippen molar-refractivity contribution in [3.05, 3.63) is 83.9 Å². The summed E-state index contributed by atoms with van der Waals surface area (Å²) in [7, 11) is 1.71. The van der Waals surface area contributed by atoms with Gasteiger partial charge in [-0.1, -0.05) is 36.4 Å². The van der Waals surface area contributed by atoms with Crippen LogP contribution in [0.5, 0.6) is 5.75 Å². The van der Waals surface area contributed by atoms with Crippen molar-refractivity contribution in [2.24, 2.45) is 4.99 Å². The van der Waals surface area contributed by atoms with Gasteiger partial charge in [0.25, 0.3) is 0 Å². The van der Waals surface area contributed by atoms with Gasteiger partial charge < -0.3 is 19.5 Å². The quantitative estimate of drug-likeness (QED) is 0.468. The highest BCUT2D eigenvalue weighted by molar-refractivity contribution is 5.80. The van der Waals surface area contributed by atoms with E-state index in [2.05, 4.69) is 63.1 Å². The first kappa shape index (κ1) is 21.0. The third-order valence-corrected chi connectivity index (χ3v) is 5.77. The number of guanidine groups is 1. The van der Waals surface area contributed by atoms with E-state index in [9.17, 15) is 0 Å². The van der Waals surface area contributed by atoms with Crippen molar-refractivity contribution in [3.8, 4) is 5.75 Å². The molecule has 1 aliphatic heterocycles. The second-order valence-corrected chi connectivity index (χ2v) is 7.93. The second kappa shape index (κ2) is 10.2. The molecule has 0 radical (unpaired) electrons. The molecule has 6 nitrogen and oxygen atoms in total. The maximum Gasteiger partial charge on any atom is 0.194 e. The third-order valence-electron chi connectivity index (χ3n) is 5.77. The van der Waals surface area contributed by atoms with Crippen LogP contribution in [0.15, 0.2) is 72.2 Å². The van der Waals surface area contributed by atoms with Gasteiger partial charge in [-0.15, -0.1) is 0 Å². The third kappa shape index (κ3) is 5.45. The molecule has 6 heteroatoms.